The van der Waals surface area contributed by atoms with E-state index >= 15 is 0 Å². The molecule has 0 aliphatic carbocycles. The second-order valence-corrected chi connectivity index (χ2v) is 19.1. The minimum Gasteiger partial charge on any atom is -0.480 e. The lowest BCUT2D eigenvalue weighted by atomic mass is 9.99. The number of aromatic nitrogens is 1. The fourth-order valence-electron chi connectivity index (χ4n) is 10.0. The van der Waals surface area contributed by atoms with Gasteiger partial charge in [0.2, 0.25) is 41.4 Å². The van der Waals surface area contributed by atoms with Gasteiger partial charge in [0, 0.05) is 49.7 Å². The van der Waals surface area contributed by atoms with Gasteiger partial charge in [0.1, 0.15) is 42.3 Å². The van der Waals surface area contributed by atoms with E-state index in [9.17, 15) is 43.5 Å². The monoisotopic (exact) mass is 919 g/mol. The number of hydrogen-bond donors (Lipinski definition) is 7. The molecule has 0 spiro atoms. The van der Waals surface area contributed by atoms with Gasteiger partial charge in [-0.3, -0.25) is 33.6 Å². The predicted molar refractivity (Wildman–Crippen MR) is 245 cm³/mol. The fourth-order valence-corrected chi connectivity index (χ4v) is 10.0. The van der Waals surface area contributed by atoms with Crippen LogP contribution in [0.15, 0.2) is 30.5 Å². The Morgan fingerprint density at radius 1 is 0.682 bits per heavy atom. The van der Waals surface area contributed by atoms with Crippen LogP contribution < -0.4 is 27.4 Å². The molecule has 4 aliphatic rings. The average molecular weight is 919 g/mol. The van der Waals surface area contributed by atoms with Crippen molar-refractivity contribution in [2.45, 2.75) is 153 Å². The number of nitrogens with zero attached hydrogens (tertiary/aromatic N) is 4. The van der Waals surface area contributed by atoms with Crippen LogP contribution in [-0.2, 0) is 44.8 Å². The molecule has 6 rings (SSSR count). The number of H-pyrrole nitrogens is 1. The fraction of sp³-hybridized carbons (Fsp3) is 0.660. The zero-order valence-electron chi connectivity index (χ0n) is 38.8. The highest BCUT2D eigenvalue weighted by atomic mass is 16.4. The summed E-state index contributed by atoms with van der Waals surface area (Å²) in [6.45, 7) is 8.82. The highest BCUT2D eigenvalue weighted by Gasteiger charge is 2.47. The van der Waals surface area contributed by atoms with E-state index in [-0.39, 0.29) is 56.1 Å². The first-order valence-electron chi connectivity index (χ1n) is 23.9. The Bertz CT molecular complexity index is 2110. The molecule has 1 aromatic heterocycles. The van der Waals surface area contributed by atoms with E-state index in [4.69, 9.17) is 11.5 Å². The number of hydrogen-bond acceptors (Lipinski definition) is 10. The molecule has 19 heteroatoms. The first-order chi connectivity index (χ1) is 31.5. The van der Waals surface area contributed by atoms with Gasteiger partial charge in [0.05, 0.1) is 6.04 Å². The van der Waals surface area contributed by atoms with Crippen molar-refractivity contribution < 1.29 is 43.5 Å². The minimum absolute atomic E-state index is 0.0712. The molecule has 4 saturated heterocycles. The molecule has 2 aromatic rings. The van der Waals surface area contributed by atoms with Gasteiger partial charge in [0.25, 0.3) is 0 Å². The zero-order valence-corrected chi connectivity index (χ0v) is 38.8. The molecule has 0 unspecified atom stereocenters. The van der Waals surface area contributed by atoms with Crippen molar-refractivity contribution >= 4 is 58.2 Å². The van der Waals surface area contributed by atoms with E-state index in [2.05, 4.69) is 20.9 Å². The van der Waals surface area contributed by atoms with E-state index in [1.54, 1.807) is 20.0 Å². The number of carboxylic acid groups (broad SMARTS) is 1. The normalized spacial score (nSPS) is 22.7. The standard InChI is InChI=1S/C47H70N10O9/c1-27(2)38(49)46(64)55-22-10-17-35(55)41(59)53-39(28(3)4)42(60)52-33(25-29-26-50-31-14-6-5-13-30(29)31)43(61)56-23-11-18-36(56)45(63)57-24-12-19-37(57)44(62)54-21-9-16-34(54)40(58)51-32(47(65)66)15-7-8-20-48/h5-6,13-14,26-28,32-39,50H,7-12,15-25,48-49H2,1-4H3,(H,51,58)(H,52,60)(H,53,59)(H,65,66)/t32-,33-,34-,35-,36-,37-,38-,39-/m0/s1. The van der Waals surface area contributed by atoms with Crippen LogP contribution in [0.2, 0.25) is 0 Å². The van der Waals surface area contributed by atoms with E-state index in [1.165, 1.54) is 19.6 Å². The molecular formula is C47H70N10O9. The summed E-state index contributed by atoms with van der Waals surface area (Å²) < 4.78 is 0. The van der Waals surface area contributed by atoms with E-state index < -0.39 is 83.9 Å². The van der Waals surface area contributed by atoms with Crippen molar-refractivity contribution in [3.05, 3.63) is 36.0 Å². The number of carboxylic acids is 1. The molecule has 362 valence electrons. The lowest BCUT2D eigenvalue weighted by molar-refractivity contribution is -0.151. The number of amides is 7. The Morgan fingerprint density at radius 3 is 1.80 bits per heavy atom. The van der Waals surface area contributed by atoms with Crippen LogP contribution >= 0.6 is 0 Å². The maximum Gasteiger partial charge on any atom is 0.326 e. The maximum atomic E-state index is 14.9. The first-order valence-corrected chi connectivity index (χ1v) is 23.9. The molecule has 9 N–H and O–H groups in total. The number of aromatic amines is 1. The molecule has 1 aromatic carbocycles. The van der Waals surface area contributed by atoms with Crippen LogP contribution in [0.1, 0.15) is 104 Å². The lowest BCUT2D eigenvalue weighted by Gasteiger charge is -2.35. The molecule has 0 radical (unpaired) electrons. The quantitative estimate of drug-likeness (QED) is 0.0977. The number of aliphatic carboxylic acids is 1. The molecule has 7 amide bonds. The molecule has 0 bridgehead atoms. The van der Waals surface area contributed by atoms with Gasteiger partial charge < -0.3 is 57.1 Å². The second-order valence-electron chi connectivity index (χ2n) is 19.1. The van der Waals surface area contributed by atoms with Crippen molar-refractivity contribution in [2.75, 3.05) is 32.7 Å². The summed E-state index contributed by atoms with van der Waals surface area (Å²) in [6, 6.07) is -0.000605. The SMILES string of the molecule is CC(C)[C@H](N)C(=O)N1CCC[C@H]1C(=O)N[C@H](C(=O)N[C@@H](Cc1c[nH]c2ccccc12)C(=O)N1CCC[C@H]1C(=O)N1CCC[C@H]1C(=O)N1CCC[C@H]1C(=O)N[C@@H](CCCCN)C(=O)O)C(C)C. The molecule has 8 atom stereocenters. The summed E-state index contributed by atoms with van der Waals surface area (Å²) in [5.41, 5.74) is 13.4. The van der Waals surface area contributed by atoms with Crippen LogP contribution in [0.3, 0.4) is 0 Å². The molecule has 4 fully saturated rings. The minimum atomic E-state index is -1.16. The first kappa shape index (κ1) is 49.9. The van der Waals surface area contributed by atoms with Crippen molar-refractivity contribution in [3.63, 3.8) is 0 Å². The van der Waals surface area contributed by atoms with Crippen molar-refractivity contribution in [3.8, 4) is 0 Å². The largest absolute Gasteiger partial charge is 0.480 e. The third kappa shape index (κ3) is 11.2. The Labute approximate surface area is 386 Å². The number of fused-ring (bicyclic) bond motifs is 1. The maximum absolute atomic E-state index is 14.9. The van der Waals surface area contributed by atoms with Gasteiger partial charge in [-0.15, -0.1) is 0 Å². The number of carbonyl (C=O) groups is 8. The summed E-state index contributed by atoms with van der Waals surface area (Å²) in [7, 11) is 0. The average Bonchev–Trinajstić information content (AvgIpc) is 4.16. The number of benzene rings is 1. The van der Waals surface area contributed by atoms with Crippen LogP contribution in [0, 0.1) is 11.8 Å². The van der Waals surface area contributed by atoms with E-state index in [0.717, 1.165) is 16.5 Å². The van der Waals surface area contributed by atoms with Gasteiger partial charge in [-0.25, -0.2) is 4.79 Å². The van der Waals surface area contributed by atoms with Crippen molar-refractivity contribution in [1.82, 2.24) is 40.5 Å². The number of nitrogens with two attached hydrogens (primary N) is 2. The number of nitrogens with one attached hydrogen (secondary N) is 4. The van der Waals surface area contributed by atoms with E-state index in [0.29, 0.717) is 77.3 Å². The van der Waals surface area contributed by atoms with Crippen molar-refractivity contribution in [1.29, 1.82) is 0 Å². The summed E-state index contributed by atoms with van der Waals surface area (Å²) in [4.78, 5) is 120. The highest BCUT2D eigenvalue weighted by Crippen LogP contribution is 2.30. The summed E-state index contributed by atoms with van der Waals surface area (Å²) in [6.07, 6.45) is 6.87. The molecule has 4 aliphatic heterocycles. The summed E-state index contributed by atoms with van der Waals surface area (Å²) >= 11 is 0. The third-order valence-corrected chi connectivity index (χ3v) is 13.8. The second kappa shape index (κ2) is 22.3. The number of rotatable bonds is 19. The zero-order chi connectivity index (χ0) is 47.8. The Morgan fingerprint density at radius 2 is 1.21 bits per heavy atom. The lowest BCUT2D eigenvalue weighted by Crippen LogP contribution is -2.60. The number of likely N-dealkylation sites (tertiary alicyclic amines) is 4. The number of para-hydroxylation sites is 1. The van der Waals surface area contributed by atoms with Gasteiger partial charge in [-0.2, -0.15) is 0 Å². The van der Waals surface area contributed by atoms with Gasteiger partial charge in [-0.1, -0.05) is 45.9 Å². The Hall–Kier alpha value is -5.56. The number of unbranched alkanes of at least 4 members (excludes halogenated alkanes) is 1. The molecular weight excluding hydrogens is 849 g/mol. The molecule has 0 saturated carbocycles. The van der Waals surface area contributed by atoms with E-state index in [1.807, 2.05) is 38.1 Å². The van der Waals surface area contributed by atoms with Crippen LogP contribution in [0.25, 0.3) is 10.9 Å². The molecule has 19 nitrogen and oxygen atoms in total. The van der Waals surface area contributed by atoms with Gasteiger partial charge >= 0.3 is 5.97 Å². The predicted octanol–water partition coefficient (Wildman–Crippen LogP) is 0.982. The Balaban J connectivity index is 1.18. The van der Waals surface area contributed by atoms with Gasteiger partial charge in [0.15, 0.2) is 0 Å². The topological polar surface area (TPSA) is 274 Å². The van der Waals surface area contributed by atoms with Crippen molar-refractivity contribution in [2.24, 2.45) is 23.3 Å². The highest BCUT2D eigenvalue weighted by molar-refractivity contribution is 5.99. The van der Waals surface area contributed by atoms with Crippen LogP contribution in [-0.4, -0.2) is 158 Å². The number of carbonyl (C=O) groups excluding carboxylic acids is 7. The molecule has 66 heavy (non-hydrogen) atoms. The van der Waals surface area contributed by atoms with Crippen LogP contribution in [0.5, 0.6) is 0 Å². The Kier molecular flexibility index (Phi) is 16.8. The van der Waals surface area contributed by atoms with Crippen LogP contribution in [0.4, 0.5) is 0 Å². The third-order valence-electron chi connectivity index (χ3n) is 13.8. The smallest absolute Gasteiger partial charge is 0.326 e. The summed E-state index contributed by atoms with van der Waals surface area (Å²) in [5, 5.41) is 19.1. The molecule has 5 heterocycles. The van der Waals surface area contributed by atoms with Gasteiger partial charge in [-0.05, 0) is 101 Å². The summed E-state index contributed by atoms with van der Waals surface area (Å²) in [5.74, 6) is -4.89.